The molecular formula is C14H17N3O2S. The number of methoxy groups -OCH3 is 1. The molecule has 5 nitrogen and oxygen atoms in total. The third-order valence-corrected chi connectivity index (χ3v) is 3.82. The van der Waals surface area contributed by atoms with Gasteiger partial charge in [0.05, 0.1) is 29.9 Å². The van der Waals surface area contributed by atoms with Crippen LogP contribution in [0.4, 0.5) is 5.69 Å². The predicted molar refractivity (Wildman–Crippen MR) is 80.1 cm³/mol. The van der Waals surface area contributed by atoms with Crippen LogP contribution in [0.25, 0.3) is 0 Å². The first-order valence-electron chi connectivity index (χ1n) is 6.12. The van der Waals surface area contributed by atoms with Crippen LogP contribution in [0.1, 0.15) is 20.2 Å². The van der Waals surface area contributed by atoms with Crippen molar-refractivity contribution in [2.75, 3.05) is 19.9 Å². The van der Waals surface area contributed by atoms with Crippen molar-refractivity contribution in [2.45, 2.75) is 13.5 Å². The summed E-state index contributed by atoms with van der Waals surface area (Å²) in [6.07, 6.45) is 1.79. The molecule has 2 N–H and O–H groups in total. The molecule has 1 aromatic carbocycles. The summed E-state index contributed by atoms with van der Waals surface area (Å²) in [5.74, 6) is 0.380. The number of carbonyl (C=O) groups is 1. The number of hydrogen-bond acceptors (Lipinski definition) is 5. The van der Waals surface area contributed by atoms with Gasteiger partial charge in [-0.05, 0) is 19.1 Å². The predicted octanol–water partition coefficient (Wildman–Crippen LogP) is 2.31. The van der Waals surface area contributed by atoms with E-state index in [1.165, 1.54) is 7.11 Å². The number of nitrogens with zero attached hydrogens (tertiary/aromatic N) is 2. The highest BCUT2D eigenvalue weighted by Gasteiger charge is 2.17. The average Bonchev–Trinajstić information content (AvgIpc) is 2.83. The van der Waals surface area contributed by atoms with Gasteiger partial charge in [-0.15, -0.1) is 11.3 Å². The van der Waals surface area contributed by atoms with Crippen LogP contribution in [0.2, 0.25) is 0 Å². The molecule has 1 amide bonds. The fourth-order valence-electron chi connectivity index (χ4n) is 1.90. The Labute approximate surface area is 122 Å². The number of para-hydroxylation sites is 1. The molecule has 1 aromatic heterocycles. The van der Waals surface area contributed by atoms with Gasteiger partial charge < -0.3 is 15.4 Å². The van der Waals surface area contributed by atoms with Crippen LogP contribution in [0, 0.1) is 6.92 Å². The molecule has 0 saturated carbocycles. The Hall–Kier alpha value is -2.08. The Bertz CT molecular complexity index is 625. The highest BCUT2D eigenvalue weighted by Crippen LogP contribution is 2.26. The molecule has 0 aliphatic heterocycles. The van der Waals surface area contributed by atoms with E-state index in [1.54, 1.807) is 47.7 Å². The second-order valence-electron chi connectivity index (χ2n) is 4.43. The third-order valence-electron chi connectivity index (χ3n) is 2.93. The summed E-state index contributed by atoms with van der Waals surface area (Å²) in [5.41, 5.74) is 6.77. The number of nitrogens with two attached hydrogens (primary N) is 1. The Morgan fingerprint density at radius 1 is 1.50 bits per heavy atom. The Kier molecular flexibility index (Phi) is 4.24. The van der Waals surface area contributed by atoms with Crippen LogP contribution in [0.3, 0.4) is 0 Å². The van der Waals surface area contributed by atoms with E-state index in [0.29, 0.717) is 23.5 Å². The van der Waals surface area contributed by atoms with Crippen molar-refractivity contribution in [3.8, 4) is 5.75 Å². The zero-order valence-corrected chi connectivity index (χ0v) is 12.5. The van der Waals surface area contributed by atoms with E-state index in [9.17, 15) is 4.79 Å². The number of aryl methyl sites for hydroxylation is 1. The summed E-state index contributed by atoms with van der Waals surface area (Å²) in [4.78, 5) is 19.3. The third kappa shape index (κ3) is 2.91. The summed E-state index contributed by atoms with van der Waals surface area (Å²) in [7, 11) is 3.28. The molecule has 2 rings (SSSR count). The summed E-state index contributed by atoms with van der Waals surface area (Å²) in [6.45, 7) is 2.46. The minimum atomic E-state index is -0.132. The molecule has 6 heteroatoms. The van der Waals surface area contributed by atoms with Gasteiger partial charge >= 0.3 is 0 Å². The number of ether oxygens (including phenoxy) is 1. The molecule has 0 saturated heterocycles. The van der Waals surface area contributed by atoms with Gasteiger partial charge in [0.25, 0.3) is 5.91 Å². The topological polar surface area (TPSA) is 68.5 Å². The van der Waals surface area contributed by atoms with Crippen LogP contribution >= 0.6 is 11.3 Å². The fraction of sp³-hybridized carbons (Fsp3) is 0.286. The lowest BCUT2D eigenvalue weighted by Crippen LogP contribution is -2.26. The number of benzene rings is 1. The van der Waals surface area contributed by atoms with Gasteiger partial charge in [-0.25, -0.2) is 4.98 Å². The molecule has 20 heavy (non-hydrogen) atoms. The molecule has 1 heterocycles. The standard InChI is InChI=1S/C14H17N3O2S/c1-9-16-7-10(20-9)8-17(2)14(18)11-5-4-6-12(19-3)13(11)15/h4-7H,8,15H2,1-3H3. The van der Waals surface area contributed by atoms with Crippen LogP contribution < -0.4 is 10.5 Å². The van der Waals surface area contributed by atoms with Crippen molar-refractivity contribution < 1.29 is 9.53 Å². The highest BCUT2D eigenvalue weighted by molar-refractivity contribution is 7.11. The fourth-order valence-corrected chi connectivity index (χ4v) is 2.75. The van der Waals surface area contributed by atoms with Crippen LogP contribution in [0.15, 0.2) is 24.4 Å². The first-order valence-corrected chi connectivity index (χ1v) is 6.94. The van der Waals surface area contributed by atoms with Gasteiger partial charge in [0.1, 0.15) is 5.75 Å². The first-order chi connectivity index (χ1) is 9.52. The van der Waals surface area contributed by atoms with Crippen LogP contribution in [0.5, 0.6) is 5.75 Å². The van der Waals surface area contributed by atoms with Gasteiger partial charge in [0.2, 0.25) is 0 Å². The minimum Gasteiger partial charge on any atom is -0.495 e. The molecule has 0 aliphatic carbocycles. The quantitative estimate of drug-likeness (QED) is 0.878. The van der Waals surface area contributed by atoms with Crippen molar-refractivity contribution in [3.63, 3.8) is 0 Å². The van der Waals surface area contributed by atoms with E-state index in [-0.39, 0.29) is 5.91 Å². The number of carbonyl (C=O) groups excluding carboxylic acids is 1. The van der Waals surface area contributed by atoms with E-state index >= 15 is 0 Å². The zero-order chi connectivity index (χ0) is 14.7. The maximum Gasteiger partial charge on any atom is 0.256 e. The lowest BCUT2D eigenvalue weighted by Gasteiger charge is -2.18. The number of hydrogen-bond donors (Lipinski definition) is 1. The Balaban J connectivity index is 2.18. The maximum atomic E-state index is 12.4. The molecule has 0 atom stereocenters. The molecule has 0 bridgehead atoms. The van der Waals surface area contributed by atoms with Crippen molar-refractivity contribution in [3.05, 3.63) is 39.8 Å². The molecule has 0 aliphatic rings. The van der Waals surface area contributed by atoms with Gasteiger partial charge in [0.15, 0.2) is 0 Å². The van der Waals surface area contributed by atoms with E-state index in [1.807, 2.05) is 6.92 Å². The molecule has 0 spiro atoms. The SMILES string of the molecule is COc1cccc(C(=O)N(C)Cc2cnc(C)s2)c1N. The monoisotopic (exact) mass is 291 g/mol. The summed E-state index contributed by atoms with van der Waals surface area (Å²) in [5, 5.41) is 0.988. The van der Waals surface area contributed by atoms with Crippen molar-refractivity contribution in [1.82, 2.24) is 9.88 Å². The van der Waals surface area contributed by atoms with E-state index in [4.69, 9.17) is 10.5 Å². The number of thiazole rings is 1. The van der Waals surface area contributed by atoms with Gasteiger partial charge in [-0.2, -0.15) is 0 Å². The van der Waals surface area contributed by atoms with E-state index in [0.717, 1.165) is 9.88 Å². The lowest BCUT2D eigenvalue weighted by atomic mass is 10.1. The summed E-state index contributed by atoms with van der Waals surface area (Å²) < 4.78 is 5.13. The second-order valence-corrected chi connectivity index (χ2v) is 5.75. The second kappa shape index (κ2) is 5.92. The smallest absolute Gasteiger partial charge is 0.256 e. The van der Waals surface area contributed by atoms with Crippen LogP contribution in [-0.2, 0) is 6.54 Å². The van der Waals surface area contributed by atoms with Crippen molar-refractivity contribution >= 4 is 22.9 Å². The molecule has 0 unspecified atom stereocenters. The number of aromatic nitrogens is 1. The molecular weight excluding hydrogens is 274 g/mol. The molecule has 2 aromatic rings. The lowest BCUT2D eigenvalue weighted by molar-refractivity contribution is 0.0787. The Morgan fingerprint density at radius 2 is 2.25 bits per heavy atom. The number of amides is 1. The number of nitrogen functional groups attached to an aromatic ring is 1. The summed E-state index contributed by atoms with van der Waals surface area (Å²) >= 11 is 1.58. The zero-order valence-electron chi connectivity index (χ0n) is 11.7. The van der Waals surface area contributed by atoms with Gasteiger partial charge in [-0.1, -0.05) is 6.07 Å². The molecule has 0 fully saturated rings. The van der Waals surface area contributed by atoms with E-state index in [2.05, 4.69) is 4.98 Å². The Morgan fingerprint density at radius 3 is 2.85 bits per heavy atom. The maximum absolute atomic E-state index is 12.4. The average molecular weight is 291 g/mol. The number of anilines is 1. The van der Waals surface area contributed by atoms with Crippen molar-refractivity contribution in [2.24, 2.45) is 0 Å². The normalized spacial score (nSPS) is 10.3. The number of rotatable bonds is 4. The highest BCUT2D eigenvalue weighted by atomic mass is 32.1. The minimum absolute atomic E-state index is 0.132. The van der Waals surface area contributed by atoms with Gasteiger partial charge in [0, 0.05) is 18.1 Å². The van der Waals surface area contributed by atoms with Crippen LogP contribution in [-0.4, -0.2) is 29.9 Å². The van der Waals surface area contributed by atoms with E-state index < -0.39 is 0 Å². The molecule has 106 valence electrons. The van der Waals surface area contributed by atoms with Crippen molar-refractivity contribution in [1.29, 1.82) is 0 Å². The molecule has 0 radical (unpaired) electrons. The van der Waals surface area contributed by atoms with Gasteiger partial charge in [-0.3, -0.25) is 4.79 Å². The largest absolute Gasteiger partial charge is 0.495 e. The summed E-state index contributed by atoms with van der Waals surface area (Å²) in [6, 6.07) is 5.19. The first kappa shape index (κ1) is 14.3.